The summed E-state index contributed by atoms with van der Waals surface area (Å²) in [5.41, 5.74) is 1.82. The van der Waals surface area contributed by atoms with E-state index in [1.165, 1.54) is 19.3 Å². The van der Waals surface area contributed by atoms with Crippen LogP contribution < -0.4 is 9.91 Å². The maximum atomic E-state index is 12.8. The molecule has 2 aliphatic heterocycles. The zero-order valence-corrected chi connectivity index (χ0v) is 14.2. The number of para-hydroxylation sites is 2. The van der Waals surface area contributed by atoms with Crippen LogP contribution in [0.3, 0.4) is 0 Å². The molecule has 0 saturated carbocycles. The summed E-state index contributed by atoms with van der Waals surface area (Å²) in [5.74, 6) is 0.852. The third-order valence-electron chi connectivity index (χ3n) is 4.67. The van der Waals surface area contributed by atoms with Crippen molar-refractivity contribution in [2.45, 2.75) is 19.3 Å². The number of carbonyl (C=O) groups is 1. The van der Waals surface area contributed by atoms with Gasteiger partial charge in [0.25, 0.3) is 5.91 Å². The van der Waals surface area contributed by atoms with E-state index >= 15 is 0 Å². The van der Waals surface area contributed by atoms with E-state index in [4.69, 9.17) is 5.10 Å². The van der Waals surface area contributed by atoms with E-state index in [1.54, 1.807) is 5.01 Å². The predicted molar refractivity (Wildman–Crippen MR) is 101 cm³/mol. The Morgan fingerprint density at radius 3 is 2.00 bits per heavy atom. The molecule has 2 aromatic carbocycles. The molecule has 4 rings (SSSR count). The highest BCUT2D eigenvalue weighted by Gasteiger charge is 2.32. The molecule has 2 aliphatic rings. The van der Waals surface area contributed by atoms with Gasteiger partial charge in [-0.25, -0.2) is 0 Å². The van der Waals surface area contributed by atoms with E-state index < -0.39 is 0 Å². The van der Waals surface area contributed by atoms with E-state index in [-0.39, 0.29) is 5.91 Å². The molecule has 0 unspecified atom stereocenters. The predicted octanol–water partition coefficient (Wildman–Crippen LogP) is 3.30. The Morgan fingerprint density at radius 2 is 1.36 bits per heavy atom. The van der Waals surface area contributed by atoms with Crippen LogP contribution in [0, 0.1) is 0 Å². The molecular formula is C20H22N4O. The van der Waals surface area contributed by atoms with Crippen molar-refractivity contribution in [3.05, 3.63) is 60.7 Å². The fraction of sp³-hybridized carbons (Fsp3) is 0.300. The Balaban J connectivity index is 1.74. The van der Waals surface area contributed by atoms with Gasteiger partial charge >= 0.3 is 0 Å². The summed E-state index contributed by atoms with van der Waals surface area (Å²) in [6.45, 7) is 2.27. The first-order valence-electron chi connectivity index (χ1n) is 8.87. The van der Waals surface area contributed by atoms with Crippen LogP contribution >= 0.6 is 0 Å². The van der Waals surface area contributed by atoms with Crippen LogP contribution in [0.25, 0.3) is 0 Å². The normalized spacial score (nSPS) is 18.3. The molecule has 0 atom stereocenters. The smallest absolute Gasteiger partial charge is 0.267 e. The van der Waals surface area contributed by atoms with E-state index in [1.807, 2.05) is 65.6 Å². The van der Waals surface area contributed by atoms with Crippen molar-refractivity contribution in [2.24, 2.45) is 5.10 Å². The molecule has 0 aliphatic carbocycles. The number of rotatable bonds is 2. The minimum absolute atomic E-state index is 0.0178. The second kappa shape index (κ2) is 6.97. The van der Waals surface area contributed by atoms with E-state index in [0.29, 0.717) is 6.54 Å². The van der Waals surface area contributed by atoms with Gasteiger partial charge in [0, 0.05) is 18.8 Å². The van der Waals surface area contributed by atoms with Crippen LogP contribution in [0.2, 0.25) is 0 Å². The number of likely N-dealkylation sites (tertiary alicyclic amines) is 1. The molecular weight excluding hydrogens is 312 g/mol. The average molecular weight is 334 g/mol. The number of piperidine rings is 1. The van der Waals surface area contributed by atoms with Crippen molar-refractivity contribution >= 4 is 23.2 Å². The number of hydrazone groups is 1. The molecule has 5 nitrogen and oxygen atoms in total. The van der Waals surface area contributed by atoms with Crippen LogP contribution in [-0.2, 0) is 4.79 Å². The molecule has 0 N–H and O–H groups in total. The van der Waals surface area contributed by atoms with Gasteiger partial charge in [-0.3, -0.25) is 4.79 Å². The Kier molecular flexibility index (Phi) is 4.37. The summed E-state index contributed by atoms with van der Waals surface area (Å²) in [6, 6.07) is 19.7. The molecule has 0 spiro atoms. The Labute approximate surface area is 148 Å². The number of nitrogens with zero attached hydrogens (tertiary/aromatic N) is 4. The monoisotopic (exact) mass is 334 g/mol. The van der Waals surface area contributed by atoms with E-state index in [0.717, 1.165) is 30.4 Å². The number of benzene rings is 2. The maximum absolute atomic E-state index is 12.8. The number of amides is 1. The molecule has 2 aromatic rings. The lowest BCUT2D eigenvalue weighted by atomic mass is 10.1. The number of hydrogen-bond acceptors (Lipinski definition) is 4. The first-order chi connectivity index (χ1) is 12.3. The van der Waals surface area contributed by atoms with Crippen LogP contribution in [0.15, 0.2) is 65.8 Å². The minimum Gasteiger partial charge on any atom is -0.341 e. The standard InChI is InChI=1S/C20H22N4O/c25-19-16-23(17-10-4-1-5-11-17)20(22-14-8-3-9-15-22)21-24(19)18-12-6-2-7-13-18/h1-2,4-7,10-13H,3,8-9,14-16H2. The lowest BCUT2D eigenvalue weighted by molar-refractivity contribution is -0.117. The van der Waals surface area contributed by atoms with Crippen LogP contribution in [0.5, 0.6) is 0 Å². The summed E-state index contributed by atoms with van der Waals surface area (Å²) in [7, 11) is 0. The molecule has 0 radical (unpaired) electrons. The summed E-state index contributed by atoms with van der Waals surface area (Å²) < 4.78 is 0. The van der Waals surface area contributed by atoms with Crippen molar-refractivity contribution in [3.63, 3.8) is 0 Å². The Morgan fingerprint density at radius 1 is 0.760 bits per heavy atom. The molecule has 5 heteroatoms. The van der Waals surface area contributed by atoms with Gasteiger partial charge in [-0.2, -0.15) is 5.01 Å². The van der Waals surface area contributed by atoms with Crippen molar-refractivity contribution in [1.29, 1.82) is 0 Å². The highest BCUT2D eigenvalue weighted by Crippen LogP contribution is 2.24. The van der Waals surface area contributed by atoms with Crippen LogP contribution in [-0.4, -0.2) is 36.4 Å². The number of hydrogen-bond donors (Lipinski definition) is 0. The van der Waals surface area contributed by atoms with Crippen LogP contribution in [0.1, 0.15) is 19.3 Å². The maximum Gasteiger partial charge on any atom is 0.267 e. The average Bonchev–Trinajstić information content (AvgIpc) is 2.70. The molecule has 25 heavy (non-hydrogen) atoms. The summed E-state index contributed by atoms with van der Waals surface area (Å²) in [6.07, 6.45) is 3.60. The zero-order valence-electron chi connectivity index (χ0n) is 14.2. The highest BCUT2D eigenvalue weighted by atomic mass is 16.2. The molecule has 1 saturated heterocycles. The van der Waals surface area contributed by atoms with Gasteiger partial charge in [-0.05, 0) is 43.5 Å². The van der Waals surface area contributed by atoms with Gasteiger partial charge < -0.3 is 9.80 Å². The quantitative estimate of drug-likeness (QED) is 0.846. The molecule has 0 aromatic heterocycles. The molecule has 128 valence electrons. The largest absolute Gasteiger partial charge is 0.341 e. The van der Waals surface area contributed by atoms with Crippen molar-refractivity contribution in [3.8, 4) is 0 Å². The highest BCUT2D eigenvalue weighted by molar-refractivity contribution is 6.09. The lowest BCUT2D eigenvalue weighted by Crippen LogP contribution is -2.55. The molecule has 0 bridgehead atoms. The van der Waals surface area contributed by atoms with Gasteiger partial charge in [-0.1, -0.05) is 36.4 Å². The number of guanidine groups is 1. The van der Waals surface area contributed by atoms with E-state index in [9.17, 15) is 4.79 Å². The Hall–Kier alpha value is -2.82. The summed E-state index contributed by atoms with van der Waals surface area (Å²) in [4.78, 5) is 17.1. The van der Waals surface area contributed by atoms with Gasteiger partial charge in [0.2, 0.25) is 5.96 Å². The number of carbonyl (C=O) groups excluding carboxylic acids is 1. The van der Waals surface area contributed by atoms with Crippen molar-refractivity contribution in [2.75, 3.05) is 29.5 Å². The molecule has 2 heterocycles. The van der Waals surface area contributed by atoms with Crippen LogP contribution in [0.4, 0.5) is 11.4 Å². The molecule has 1 fully saturated rings. The first-order valence-corrected chi connectivity index (χ1v) is 8.87. The van der Waals surface area contributed by atoms with Gasteiger partial charge in [0.05, 0.1) is 5.69 Å². The minimum atomic E-state index is -0.0178. The molecule has 1 amide bonds. The third-order valence-corrected chi connectivity index (χ3v) is 4.67. The second-order valence-corrected chi connectivity index (χ2v) is 6.41. The van der Waals surface area contributed by atoms with E-state index in [2.05, 4.69) is 4.90 Å². The van der Waals surface area contributed by atoms with Gasteiger partial charge in [0.1, 0.15) is 6.54 Å². The van der Waals surface area contributed by atoms with Gasteiger partial charge in [0.15, 0.2) is 0 Å². The first kappa shape index (κ1) is 15.7. The van der Waals surface area contributed by atoms with Gasteiger partial charge in [-0.15, -0.1) is 5.10 Å². The topological polar surface area (TPSA) is 39.2 Å². The lowest BCUT2D eigenvalue weighted by Gasteiger charge is -2.40. The summed E-state index contributed by atoms with van der Waals surface area (Å²) in [5, 5.41) is 6.31. The fourth-order valence-corrected chi connectivity index (χ4v) is 3.39. The summed E-state index contributed by atoms with van der Waals surface area (Å²) >= 11 is 0. The Bertz CT molecular complexity index is 754. The van der Waals surface area contributed by atoms with Crippen molar-refractivity contribution in [1.82, 2.24) is 4.90 Å². The number of anilines is 2. The SMILES string of the molecule is O=C1CN(c2ccccc2)C(N2CCCCC2)=NN1c1ccccc1. The third kappa shape index (κ3) is 3.22. The second-order valence-electron chi connectivity index (χ2n) is 6.41. The zero-order chi connectivity index (χ0) is 17.1. The fourth-order valence-electron chi connectivity index (χ4n) is 3.39. The van der Waals surface area contributed by atoms with Crippen molar-refractivity contribution < 1.29 is 4.79 Å².